The summed E-state index contributed by atoms with van der Waals surface area (Å²) < 4.78 is 36.3. The molecule has 0 bridgehead atoms. The Morgan fingerprint density at radius 3 is 2.17 bits per heavy atom. The molecule has 0 aromatic rings. The Morgan fingerprint density at radius 2 is 1.78 bits per heavy atom. The molecule has 0 saturated carbocycles. The van der Waals surface area contributed by atoms with Gasteiger partial charge in [-0.25, -0.2) is 0 Å². The lowest BCUT2D eigenvalue weighted by atomic mass is 9.92. The third-order valence-electron chi connectivity index (χ3n) is 3.30. The van der Waals surface area contributed by atoms with Gasteiger partial charge < -0.3 is 10.6 Å². The van der Waals surface area contributed by atoms with E-state index in [2.05, 4.69) is 18.7 Å². The largest absolute Gasteiger partial charge is 0.389 e. The van der Waals surface area contributed by atoms with Gasteiger partial charge in [0.05, 0.1) is 0 Å². The summed E-state index contributed by atoms with van der Waals surface area (Å²) >= 11 is 0. The van der Waals surface area contributed by atoms with Crippen LogP contribution in [-0.2, 0) is 0 Å². The molecule has 0 saturated heterocycles. The minimum atomic E-state index is -4.03. The number of hydrogen-bond donors (Lipinski definition) is 1. The predicted molar refractivity (Wildman–Crippen MR) is 69.5 cm³/mol. The highest BCUT2D eigenvalue weighted by atomic mass is 19.4. The normalized spacial score (nSPS) is 15.2. The van der Waals surface area contributed by atoms with E-state index in [9.17, 15) is 13.2 Å². The van der Waals surface area contributed by atoms with Gasteiger partial charge >= 0.3 is 6.18 Å². The van der Waals surface area contributed by atoms with Gasteiger partial charge in [0.1, 0.15) is 0 Å². The standard InChI is InChI=1S/C13H27F3N2/c1-5-18(10-12(3,4)9-17)11(2)7-6-8-13(14,15)16/h11H,5-10,17H2,1-4H3. The maximum Gasteiger partial charge on any atom is 0.389 e. The third-order valence-corrected chi connectivity index (χ3v) is 3.30. The number of rotatable bonds is 8. The molecule has 5 heteroatoms. The van der Waals surface area contributed by atoms with Gasteiger partial charge in [-0.05, 0) is 38.3 Å². The number of alkyl halides is 3. The highest BCUT2D eigenvalue weighted by Crippen LogP contribution is 2.24. The summed E-state index contributed by atoms with van der Waals surface area (Å²) in [5.74, 6) is 0. The van der Waals surface area contributed by atoms with E-state index in [-0.39, 0.29) is 17.9 Å². The smallest absolute Gasteiger partial charge is 0.330 e. The molecule has 0 aliphatic heterocycles. The number of nitrogens with two attached hydrogens (primary N) is 1. The van der Waals surface area contributed by atoms with Crippen molar-refractivity contribution in [2.45, 2.75) is 59.2 Å². The van der Waals surface area contributed by atoms with Gasteiger partial charge in [0.15, 0.2) is 0 Å². The van der Waals surface area contributed by atoms with Crippen LogP contribution >= 0.6 is 0 Å². The molecule has 110 valence electrons. The fraction of sp³-hybridized carbons (Fsp3) is 1.00. The molecule has 1 unspecified atom stereocenters. The van der Waals surface area contributed by atoms with Gasteiger partial charge in [-0.3, -0.25) is 0 Å². The number of halogens is 3. The minimum absolute atomic E-state index is 0.00823. The first-order chi connectivity index (χ1) is 8.11. The first-order valence-electron chi connectivity index (χ1n) is 6.62. The average molecular weight is 268 g/mol. The van der Waals surface area contributed by atoms with Crippen molar-refractivity contribution in [3.63, 3.8) is 0 Å². The molecule has 0 amide bonds. The second-order valence-corrected chi connectivity index (χ2v) is 5.79. The molecule has 0 aliphatic carbocycles. The van der Waals surface area contributed by atoms with Gasteiger partial charge in [-0.15, -0.1) is 0 Å². The minimum Gasteiger partial charge on any atom is -0.330 e. The Morgan fingerprint density at radius 1 is 1.22 bits per heavy atom. The number of nitrogens with zero attached hydrogens (tertiary/aromatic N) is 1. The maximum absolute atomic E-state index is 12.1. The fourth-order valence-electron chi connectivity index (χ4n) is 1.97. The zero-order valence-electron chi connectivity index (χ0n) is 12.0. The first kappa shape index (κ1) is 17.7. The molecular formula is C13H27F3N2. The predicted octanol–water partition coefficient (Wildman–Crippen LogP) is 3.41. The Labute approximate surface area is 109 Å². The second-order valence-electron chi connectivity index (χ2n) is 5.79. The Kier molecular flexibility index (Phi) is 7.22. The fourth-order valence-corrected chi connectivity index (χ4v) is 1.97. The average Bonchev–Trinajstić information content (AvgIpc) is 2.24. The molecule has 2 nitrogen and oxygen atoms in total. The molecule has 0 fully saturated rings. The van der Waals surface area contributed by atoms with E-state index in [1.807, 2.05) is 13.8 Å². The lowest BCUT2D eigenvalue weighted by Gasteiger charge is -2.35. The van der Waals surface area contributed by atoms with Crippen LogP contribution in [0.2, 0.25) is 0 Å². The summed E-state index contributed by atoms with van der Waals surface area (Å²) in [7, 11) is 0. The van der Waals surface area contributed by atoms with E-state index in [0.717, 1.165) is 13.1 Å². The van der Waals surface area contributed by atoms with E-state index < -0.39 is 12.6 Å². The zero-order valence-corrected chi connectivity index (χ0v) is 12.0. The van der Waals surface area contributed by atoms with Crippen molar-refractivity contribution in [2.24, 2.45) is 11.1 Å². The van der Waals surface area contributed by atoms with Crippen LogP contribution in [0.1, 0.15) is 47.0 Å². The summed E-state index contributed by atoms with van der Waals surface area (Å²) in [4.78, 5) is 2.21. The maximum atomic E-state index is 12.1. The van der Waals surface area contributed by atoms with E-state index >= 15 is 0 Å². The van der Waals surface area contributed by atoms with Crippen LogP contribution in [0.5, 0.6) is 0 Å². The van der Waals surface area contributed by atoms with Crippen molar-refractivity contribution >= 4 is 0 Å². The highest BCUT2D eigenvalue weighted by Gasteiger charge is 2.27. The van der Waals surface area contributed by atoms with Crippen LogP contribution < -0.4 is 5.73 Å². The summed E-state index contributed by atoms with van der Waals surface area (Å²) in [5.41, 5.74) is 5.70. The van der Waals surface area contributed by atoms with Crippen LogP contribution in [0.3, 0.4) is 0 Å². The van der Waals surface area contributed by atoms with Crippen molar-refractivity contribution in [1.29, 1.82) is 0 Å². The van der Waals surface area contributed by atoms with E-state index in [0.29, 0.717) is 13.0 Å². The Bertz CT molecular complexity index is 227. The highest BCUT2D eigenvalue weighted by molar-refractivity contribution is 4.77. The lowest BCUT2D eigenvalue weighted by molar-refractivity contribution is -0.136. The summed E-state index contributed by atoms with van der Waals surface area (Å²) in [6.45, 7) is 10.4. The topological polar surface area (TPSA) is 29.3 Å². The molecule has 0 radical (unpaired) electrons. The monoisotopic (exact) mass is 268 g/mol. The van der Waals surface area contributed by atoms with Crippen LogP contribution in [0.15, 0.2) is 0 Å². The van der Waals surface area contributed by atoms with E-state index in [1.54, 1.807) is 0 Å². The van der Waals surface area contributed by atoms with Crippen molar-refractivity contribution in [1.82, 2.24) is 4.90 Å². The molecular weight excluding hydrogens is 241 g/mol. The van der Waals surface area contributed by atoms with Crippen molar-refractivity contribution in [3.05, 3.63) is 0 Å². The van der Waals surface area contributed by atoms with Gasteiger partial charge in [-0.2, -0.15) is 13.2 Å². The molecule has 18 heavy (non-hydrogen) atoms. The van der Waals surface area contributed by atoms with Gasteiger partial charge in [-0.1, -0.05) is 20.8 Å². The summed E-state index contributed by atoms with van der Waals surface area (Å²) in [6, 6.07) is 0.170. The first-order valence-corrected chi connectivity index (χ1v) is 6.62. The van der Waals surface area contributed by atoms with Gasteiger partial charge in [0.25, 0.3) is 0 Å². The van der Waals surface area contributed by atoms with Crippen LogP contribution in [0.25, 0.3) is 0 Å². The molecule has 0 aromatic carbocycles. The quantitative estimate of drug-likeness (QED) is 0.731. The zero-order chi connectivity index (χ0) is 14.4. The van der Waals surface area contributed by atoms with Crippen molar-refractivity contribution in [3.8, 4) is 0 Å². The van der Waals surface area contributed by atoms with Gasteiger partial charge in [0.2, 0.25) is 0 Å². The molecule has 0 aliphatic rings. The molecule has 0 spiro atoms. The Balaban J connectivity index is 4.15. The molecule has 0 heterocycles. The molecule has 0 aromatic heterocycles. The lowest BCUT2D eigenvalue weighted by Crippen LogP contribution is -2.43. The van der Waals surface area contributed by atoms with Crippen molar-refractivity contribution in [2.75, 3.05) is 19.6 Å². The van der Waals surface area contributed by atoms with Gasteiger partial charge in [0, 0.05) is 19.0 Å². The molecule has 1 atom stereocenters. The Hall–Kier alpha value is -0.290. The van der Waals surface area contributed by atoms with Crippen LogP contribution in [0.4, 0.5) is 13.2 Å². The second kappa shape index (κ2) is 7.34. The molecule has 0 rings (SSSR count). The van der Waals surface area contributed by atoms with Crippen LogP contribution in [-0.4, -0.2) is 36.8 Å². The molecule has 2 N–H and O–H groups in total. The SMILES string of the molecule is CCN(CC(C)(C)CN)C(C)CCCC(F)(F)F. The summed E-state index contributed by atoms with van der Waals surface area (Å²) in [5, 5.41) is 0. The van der Waals surface area contributed by atoms with Crippen LogP contribution in [0, 0.1) is 5.41 Å². The van der Waals surface area contributed by atoms with E-state index in [4.69, 9.17) is 5.73 Å². The van der Waals surface area contributed by atoms with Crippen molar-refractivity contribution < 1.29 is 13.2 Å². The third kappa shape index (κ3) is 7.93. The van der Waals surface area contributed by atoms with E-state index in [1.165, 1.54) is 0 Å². The number of hydrogen-bond acceptors (Lipinski definition) is 2. The summed E-state index contributed by atoms with van der Waals surface area (Å²) in [6.07, 6.45) is -3.94.